The Hall–Kier alpha value is -1.11. The van der Waals surface area contributed by atoms with Gasteiger partial charge in [0, 0.05) is 8.80 Å². The van der Waals surface area contributed by atoms with Crippen LogP contribution in [0.15, 0.2) is 12.1 Å². The highest BCUT2D eigenvalue weighted by Crippen LogP contribution is 2.42. The zero-order chi connectivity index (χ0) is 23.1. The second kappa shape index (κ2) is 11.8. The van der Waals surface area contributed by atoms with Crippen LogP contribution in [0.1, 0.15) is 76.7 Å². The zero-order valence-corrected chi connectivity index (χ0v) is 20.3. The topological polar surface area (TPSA) is 9.23 Å². The minimum absolute atomic E-state index is 0.375. The quantitative estimate of drug-likeness (QED) is 0.197. The number of hydrogen-bond donors (Lipinski definition) is 0. The summed E-state index contributed by atoms with van der Waals surface area (Å²) in [5.74, 6) is -1.35. The third-order valence-corrected chi connectivity index (χ3v) is 11.4. The van der Waals surface area contributed by atoms with Gasteiger partial charge in [-0.05, 0) is 61.1 Å². The molecular formula is C25H37F5OSi. The lowest BCUT2D eigenvalue weighted by molar-refractivity contribution is -0.276. The minimum Gasteiger partial charge on any atom is -0.399 e. The highest BCUT2D eigenvalue weighted by Gasteiger charge is 2.34. The highest BCUT2D eigenvalue weighted by molar-refractivity contribution is 6.58. The molecule has 7 heteroatoms. The van der Waals surface area contributed by atoms with Crippen LogP contribution in [0.3, 0.4) is 0 Å². The van der Waals surface area contributed by atoms with E-state index in [4.69, 9.17) is 0 Å². The van der Waals surface area contributed by atoms with Crippen molar-refractivity contribution in [3.05, 3.63) is 29.3 Å². The number of hydrogen-bond acceptors (Lipinski definition) is 1. The second-order valence-electron chi connectivity index (χ2n) is 10.0. The maximum atomic E-state index is 13.8. The molecule has 1 aliphatic carbocycles. The Morgan fingerprint density at radius 1 is 0.906 bits per heavy atom. The monoisotopic (exact) mass is 476 g/mol. The standard InChI is InChI=1S/C25H37F5OSi/c1-2-13-32-14-11-21(12-15-32)20-9-7-18(8-10-20)5-3-4-6-19-16-22(26)24(23(27)17-19)31-25(28,29)30/h16-18,20-21,32H,2-15H2,1H3/t18-,20-,21?,32?. The molecule has 1 heterocycles. The molecule has 0 N–H and O–H groups in total. The molecule has 1 aliphatic heterocycles. The molecule has 1 saturated heterocycles. The maximum absolute atomic E-state index is 13.8. The molecule has 0 radical (unpaired) electrons. The van der Waals surface area contributed by atoms with Crippen LogP contribution >= 0.6 is 0 Å². The first-order chi connectivity index (χ1) is 15.2. The lowest BCUT2D eigenvalue weighted by atomic mass is 9.73. The third kappa shape index (κ3) is 7.74. The van der Waals surface area contributed by atoms with E-state index in [9.17, 15) is 22.0 Å². The van der Waals surface area contributed by atoms with Crippen LogP contribution < -0.4 is 4.74 Å². The van der Waals surface area contributed by atoms with Crippen LogP contribution in [-0.2, 0) is 6.42 Å². The first kappa shape index (κ1) is 25.5. The number of rotatable bonds is 9. The van der Waals surface area contributed by atoms with Crippen molar-refractivity contribution in [1.29, 1.82) is 0 Å². The van der Waals surface area contributed by atoms with Crippen molar-refractivity contribution < 1.29 is 26.7 Å². The number of halogens is 5. The molecular weight excluding hydrogens is 439 g/mol. The van der Waals surface area contributed by atoms with E-state index in [-0.39, 0.29) is 0 Å². The van der Waals surface area contributed by atoms with Crippen molar-refractivity contribution in [2.45, 2.75) is 102 Å². The first-order valence-electron chi connectivity index (χ1n) is 12.5. The van der Waals surface area contributed by atoms with Crippen LogP contribution in [-0.4, -0.2) is 15.2 Å². The van der Waals surface area contributed by atoms with Gasteiger partial charge in [0.25, 0.3) is 0 Å². The fourth-order valence-electron chi connectivity index (χ4n) is 6.04. The van der Waals surface area contributed by atoms with Crippen LogP contribution in [0.5, 0.6) is 5.75 Å². The second-order valence-corrected chi connectivity index (χ2v) is 13.5. The molecule has 0 aromatic heterocycles. The molecule has 2 fully saturated rings. The predicted octanol–water partition coefficient (Wildman–Crippen LogP) is 8.43. The summed E-state index contributed by atoms with van der Waals surface area (Å²) in [5.41, 5.74) is 0.375. The molecule has 0 amide bonds. The molecule has 1 saturated carbocycles. The third-order valence-electron chi connectivity index (χ3n) is 7.75. The van der Waals surface area contributed by atoms with E-state index in [2.05, 4.69) is 11.7 Å². The Morgan fingerprint density at radius 2 is 1.50 bits per heavy atom. The number of unbranched alkanes of at least 4 members (excludes halogenated alkanes) is 1. The van der Waals surface area contributed by atoms with Crippen LogP contribution in [0.25, 0.3) is 0 Å². The fraction of sp³-hybridized carbons (Fsp3) is 0.760. The normalized spacial score (nSPS) is 26.8. The maximum Gasteiger partial charge on any atom is 0.573 e. The van der Waals surface area contributed by atoms with Gasteiger partial charge in [0.15, 0.2) is 11.6 Å². The molecule has 0 atom stereocenters. The Balaban J connectivity index is 1.34. The summed E-state index contributed by atoms with van der Waals surface area (Å²) < 4.78 is 67.8. The lowest BCUT2D eigenvalue weighted by Crippen LogP contribution is -2.28. The van der Waals surface area contributed by atoms with Gasteiger partial charge in [-0.1, -0.05) is 70.0 Å². The largest absolute Gasteiger partial charge is 0.573 e. The number of benzene rings is 1. The number of aryl methyl sites for hydroxylation is 1. The number of ether oxygens (including phenoxy) is 1. The Morgan fingerprint density at radius 3 is 2.06 bits per heavy atom. The smallest absolute Gasteiger partial charge is 0.399 e. The zero-order valence-electron chi connectivity index (χ0n) is 19.2. The van der Waals surface area contributed by atoms with Crippen LogP contribution in [0.2, 0.25) is 18.1 Å². The van der Waals surface area contributed by atoms with E-state index >= 15 is 0 Å². The first-order valence-corrected chi connectivity index (χ1v) is 14.9. The molecule has 2 aliphatic rings. The van der Waals surface area contributed by atoms with Crippen molar-refractivity contribution in [2.75, 3.05) is 0 Å². The predicted molar refractivity (Wildman–Crippen MR) is 121 cm³/mol. The average Bonchev–Trinajstić information content (AvgIpc) is 2.74. The van der Waals surface area contributed by atoms with Crippen molar-refractivity contribution in [1.82, 2.24) is 0 Å². The van der Waals surface area contributed by atoms with Gasteiger partial charge in [0.05, 0.1) is 0 Å². The summed E-state index contributed by atoms with van der Waals surface area (Å²) in [6.45, 7) is 2.32. The van der Waals surface area contributed by atoms with E-state index in [0.29, 0.717) is 12.0 Å². The van der Waals surface area contributed by atoms with Crippen LogP contribution in [0, 0.1) is 29.4 Å². The van der Waals surface area contributed by atoms with Gasteiger partial charge in [-0.25, -0.2) is 8.78 Å². The molecule has 0 bridgehead atoms. The van der Waals surface area contributed by atoms with Gasteiger partial charge in [0.2, 0.25) is 5.75 Å². The molecule has 32 heavy (non-hydrogen) atoms. The fourth-order valence-corrected chi connectivity index (χ4v) is 9.52. The Bertz CT molecular complexity index is 684. The SMILES string of the molecule is CCC[SiH]1CCC([C@H]2CC[C@H](CCCCc3cc(F)c(OC(F)(F)F)c(F)c3)CC2)CC1. The summed E-state index contributed by atoms with van der Waals surface area (Å²) in [4.78, 5) is 0. The average molecular weight is 477 g/mol. The molecule has 1 aromatic rings. The van der Waals surface area contributed by atoms with E-state index in [0.717, 1.165) is 49.1 Å². The Kier molecular flexibility index (Phi) is 9.44. The van der Waals surface area contributed by atoms with Crippen molar-refractivity contribution in [3.63, 3.8) is 0 Å². The minimum atomic E-state index is -5.11. The molecule has 1 aromatic carbocycles. The van der Waals surface area contributed by atoms with E-state index in [1.54, 1.807) is 12.1 Å². The lowest BCUT2D eigenvalue weighted by Gasteiger charge is -2.37. The molecule has 0 spiro atoms. The summed E-state index contributed by atoms with van der Waals surface area (Å²) >= 11 is 0. The summed E-state index contributed by atoms with van der Waals surface area (Å²) in [6.07, 6.45) is 7.86. The van der Waals surface area contributed by atoms with Crippen molar-refractivity contribution in [3.8, 4) is 5.75 Å². The summed E-state index contributed by atoms with van der Waals surface area (Å²) in [7, 11) is -0.400. The van der Waals surface area contributed by atoms with Gasteiger partial charge in [-0.15, -0.1) is 13.2 Å². The molecule has 1 nitrogen and oxygen atoms in total. The van der Waals surface area contributed by atoms with E-state index in [1.807, 2.05) is 0 Å². The molecule has 3 rings (SSSR count). The van der Waals surface area contributed by atoms with E-state index in [1.165, 1.54) is 51.0 Å². The van der Waals surface area contributed by atoms with Crippen LogP contribution in [0.4, 0.5) is 22.0 Å². The van der Waals surface area contributed by atoms with Crippen molar-refractivity contribution in [2.24, 2.45) is 17.8 Å². The van der Waals surface area contributed by atoms with Gasteiger partial charge < -0.3 is 4.74 Å². The van der Waals surface area contributed by atoms with Gasteiger partial charge in [0.1, 0.15) is 0 Å². The number of alkyl halides is 3. The summed E-state index contributed by atoms with van der Waals surface area (Å²) in [6, 6.07) is 6.55. The molecule has 0 unspecified atom stereocenters. The molecule has 182 valence electrons. The van der Waals surface area contributed by atoms with Gasteiger partial charge in [-0.3, -0.25) is 0 Å². The van der Waals surface area contributed by atoms with Crippen molar-refractivity contribution >= 4 is 8.80 Å². The van der Waals surface area contributed by atoms with Gasteiger partial charge >= 0.3 is 6.36 Å². The summed E-state index contributed by atoms with van der Waals surface area (Å²) in [5, 5.41) is 0. The van der Waals surface area contributed by atoms with E-state index < -0.39 is 32.5 Å². The highest BCUT2D eigenvalue weighted by atomic mass is 28.3. The Labute approximate surface area is 190 Å². The van der Waals surface area contributed by atoms with Gasteiger partial charge in [-0.2, -0.15) is 0 Å².